The Kier molecular flexibility index (Phi) is 6.49. The van der Waals surface area contributed by atoms with E-state index in [9.17, 15) is 14.9 Å². The highest BCUT2D eigenvalue weighted by molar-refractivity contribution is 6.48. The quantitative estimate of drug-likeness (QED) is 0.610. The van der Waals surface area contributed by atoms with Gasteiger partial charge >= 0.3 is 5.97 Å². The molecule has 0 aromatic heterocycles. The van der Waals surface area contributed by atoms with E-state index >= 15 is 0 Å². The van der Waals surface area contributed by atoms with E-state index in [1.54, 1.807) is 6.82 Å². The zero-order chi connectivity index (χ0) is 15.3. The molecule has 1 fully saturated rings. The Balaban J connectivity index is 2.69. The summed E-state index contributed by atoms with van der Waals surface area (Å²) in [5.74, 6) is -0.560. The van der Waals surface area contributed by atoms with E-state index in [0.29, 0.717) is 12.3 Å². The molecule has 6 heteroatoms. The Hall–Kier alpha value is -0.585. The SMILES string of the molecule is CCN(C)C[C@@H]1CC[C@@H](CCB(C)O)C[C@]1(N)C(=O)O. The summed E-state index contributed by atoms with van der Waals surface area (Å²) in [7, 11) is 2.00. The van der Waals surface area contributed by atoms with Gasteiger partial charge in [-0.05, 0) is 45.1 Å². The van der Waals surface area contributed by atoms with E-state index in [1.807, 2.05) is 7.05 Å². The van der Waals surface area contributed by atoms with E-state index in [1.165, 1.54) is 0 Å². The number of aliphatic carboxylic acids is 1. The van der Waals surface area contributed by atoms with Crippen molar-refractivity contribution in [3.05, 3.63) is 0 Å². The van der Waals surface area contributed by atoms with Crippen LogP contribution >= 0.6 is 0 Å². The predicted molar refractivity (Wildman–Crippen MR) is 81.8 cm³/mol. The molecule has 1 rings (SSSR count). The van der Waals surface area contributed by atoms with Gasteiger partial charge in [-0.1, -0.05) is 20.2 Å². The van der Waals surface area contributed by atoms with Crippen molar-refractivity contribution in [2.45, 2.75) is 51.3 Å². The van der Waals surface area contributed by atoms with Crippen LogP contribution in [0.4, 0.5) is 0 Å². The van der Waals surface area contributed by atoms with Crippen molar-refractivity contribution in [2.75, 3.05) is 20.1 Å². The molecule has 0 spiro atoms. The second-order valence-electron chi connectivity index (χ2n) is 6.47. The van der Waals surface area contributed by atoms with Crippen molar-refractivity contribution in [3.63, 3.8) is 0 Å². The van der Waals surface area contributed by atoms with Crippen LogP contribution in [0, 0.1) is 11.8 Å². The molecule has 116 valence electrons. The number of hydrogen-bond acceptors (Lipinski definition) is 4. The monoisotopic (exact) mass is 284 g/mol. The van der Waals surface area contributed by atoms with Gasteiger partial charge in [0.1, 0.15) is 5.54 Å². The summed E-state index contributed by atoms with van der Waals surface area (Å²) in [5.41, 5.74) is 5.14. The molecule has 0 unspecified atom stereocenters. The van der Waals surface area contributed by atoms with Gasteiger partial charge < -0.3 is 20.8 Å². The molecule has 0 radical (unpaired) electrons. The van der Waals surface area contributed by atoms with Gasteiger partial charge in [-0.25, -0.2) is 0 Å². The van der Waals surface area contributed by atoms with Crippen LogP contribution in [0.2, 0.25) is 13.1 Å². The van der Waals surface area contributed by atoms with Gasteiger partial charge in [0.25, 0.3) is 6.92 Å². The lowest BCUT2D eigenvalue weighted by Gasteiger charge is -2.43. The summed E-state index contributed by atoms with van der Waals surface area (Å²) in [6, 6.07) is 0. The van der Waals surface area contributed by atoms with Gasteiger partial charge in [-0.3, -0.25) is 4.79 Å². The summed E-state index contributed by atoms with van der Waals surface area (Å²) in [6.45, 7) is 5.15. The molecule has 5 nitrogen and oxygen atoms in total. The zero-order valence-electron chi connectivity index (χ0n) is 13.0. The fourth-order valence-electron chi connectivity index (χ4n) is 3.19. The molecular weight excluding hydrogens is 255 g/mol. The van der Waals surface area contributed by atoms with E-state index in [-0.39, 0.29) is 12.8 Å². The van der Waals surface area contributed by atoms with E-state index in [2.05, 4.69) is 11.8 Å². The first-order valence-electron chi connectivity index (χ1n) is 7.68. The number of carboxylic acid groups (broad SMARTS) is 1. The number of rotatable bonds is 7. The third-order valence-corrected chi connectivity index (χ3v) is 4.74. The van der Waals surface area contributed by atoms with Gasteiger partial charge in [0.2, 0.25) is 0 Å². The van der Waals surface area contributed by atoms with E-state index in [0.717, 1.165) is 38.7 Å². The van der Waals surface area contributed by atoms with Crippen molar-refractivity contribution < 1.29 is 14.9 Å². The van der Waals surface area contributed by atoms with Gasteiger partial charge in [0, 0.05) is 12.5 Å². The largest absolute Gasteiger partial charge is 0.480 e. The number of nitrogens with zero attached hydrogens (tertiary/aromatic N) is 1. The second-order valence-corrected chi connectivity index (χ2v) is 6.47. The van der Waals surface area contributed by atoms with Gasteiger partial charge in [0.15, 0.2) is 0 Å². The smallest absolute Gasteiger partial charge is 0.324 e. The van der Waals surface area contributed by atoms with Crippen molar-refractivity contribution in [3.8, 4) is 0 Å². The maximum absolute atomic E-state index is 11.6. The predicted octanol–water partition coefficient (Wildman–Crippen LogP) is 1.14. The van der Waals surface area contributed by atoms with Crippen LogP contribution in [0.3, 0.4) is 0 Å². The maximum Gasteiger partial charge on any atom is 0.324 e. The molecule has 3 atom stereocenters. The fourth-order valence-corrected chi connectivity index (χ4v) is 3.19. The molecule has 0 aliphatic heterocycles. The molecule has 0 amide bonds. The van der Waals surface area contributed by atoms with Gasteiger partial charge in [-0.15, -0.1) is 0 Å². The molecule has 20 heavy (non-hydrogen) atoms. The minimum atomic E-state index is -1.12. The van der Waals surface area contributed by atoms with E-state index < -0.39 is 11.5 Å². The highest BCUT2D eigenvalue weighted by atomic mass is 16.4. The topological polar surface area (TPSA) is 86.8 Å². The molecule has 1 saturated carbocycles. The minimum Gasteiger partial charge on any atom is -0.480 e. The summed E-state index contributed by atoms with van der Waals surface area (Å²) in [4.78, 5) is 13.8. The summed E-state index contributed by atoms with van der Waals surface area (Å²) >= 11 is 0. The average Bonchev–Trinajstić information content (AvgIpc) is 2.38. The van der Waals surface area contributed by atoms with Crippen molar-refractivity contribution in [2.24, 2.45) is 17.6 Å². The molecule has 0 heterocycles. The number of nitrogens with two attached hydrogens (primary N) is 1. The van der Waals surface area contributed by atoms with Crippen molar-refractivity contribution in [1.82, 2.24) is 4.90 Å². The Morgan fingerprint density at radius 1 is 1.50 bits per heavy atom. The average molecular weight is 284 g/mol. The van der Waals surface area contributed by atoms with Crippen LogP contribution in [-0.2, 0) is 4.79 Å². The lowest BCUT2D eigenvalue weighted by Crippen LogP contribution is -2.59. The highest BCUT2D eigenvalue weighted by Crippen LogP contribution is 2.38. The standard InChI is InChI=1S/C14H29BN2O3/c1-4-17(3)10-12-6-5-11(7-8-15(2)20)9-14(12,16)13(18)19/h11-12,20H,4-10,16H2,1-3H3,(H,18,19)/t11-,12-,14+/m0/s1. The molecule has 1 aliphatic rings. The number of carbonyl (C=O) groups is 1. The third kappa shape index (κ3) is 4.47. The highest BCUT2D eigenvalue weighted by Gasteiger charge is 2.46. The summed E-state index contributed by atoms with van der Waals surface area (Å²) in [5, 5.41) is 18.9. The number of carboxylic acids is 1. The Morgan fingerprint density at radius 3 is 2.65 bits per heavy atom. The number of hydrogen-bond donors (Lipinski definition) is 3. The molecule has 1 aliphatic carbocycles. The zero-order valence-corrected chi connectivity index (χ0v) is 13.0. The molecular formula is C14H29BN2O3. The fraction of sp³-hybridized carbons (Fsp3) is 0.929. The van der Waals surface area contributed by atoms with Crippen LogP contribution in [0.5, 0.6) is 0 Å². The lowest BCUT2D eigenvalue weighted by molar-refractivity contribution is -0.148. The van der Waals surface area contributed by atoms with Gasteiger partial charge in [-0.2, -0.15) is 0 Å². The first kappa shape index (κ1) is 17.5. The second kappa shape index (κ2) is 7.43. The van der Waals surface area contributed by atoms with Crippen LogP contribution in [-0.4, -0.2) is 53.6 Å². The molecule has 0 aromatic rings. The minimum absolute atomic E-state index is 0.00718. The molecule has 0 saturated heterocycles. The Morgan fingerprint density at radius 2 is 2.15 bits per heavy atom. The summed E-state index contributed by atoms with van der Waals surface area (Å²) in [6.07, 6.45) is 3.98. The first-order chi connectivity index (χ1) is 9.29. The van der Waals surface area contributed by atoms with Crippen LogP contribution in [0.15, 0.2) is 0 Å². The van der Waals surface area contributed by atoms with Gasteiger partial charge in [0.05, 0.1) is 0 Å². The molecule has 0 bridgehead atoms. The van der Waals surface area contributed by atoms with Crippen LogP contribution in [0.1, 0.15) is 32.6 Å². The Bertz CT molecular complexity index is 328. The third-order valence-electron chi connectivity index (χ3n) is 4.74. The molecule has 0 aromatic carbocycles. The normalized spacial score (nSPS) is 30.5. The first-order valence-corrected chi connectivity index (χ1v) is 7.68. The summed E-state index contributed by atoms with van der Waals surface area (Å²) < 4.78 is 0. The van der Waals surface area contributed by atoms with Crippen molar-refractivity contribution >= 4 is 12.9 Å². The Labute approximate surface area is 122 Å². The van der Waals surface area contributed by atoms with Crippen LogP contribution in [0.25, 0.3) is 0 Å². The lowest BCUT2D eigenvalue weighted by atomic mass is 9.62. The van der Waals surface area contributed by atoms with Crippen molar-refractivity contribution in [1.29, 1.82) is 0 Å². The maximum atomic E-state index is 11.6. The van der Waals surface area contributed by atoms with Crippen LogP contribution < -0.4 is 5.73 Å². The molecule has 4 N–H and O–H groups in total. The van der Waals surface area contributed by atoms with E-state index in [4.69, 9.17) is 5.73 Å².